The predicted molar refractivity (Wildman–Crippen MR) is 59.1 cm³/mol. The SMILES string of the molecule is CCOC(=O)c1ccc(C(C)=O)c([N+](=O)[O-])c1. The van der Waals surface area contributed by atoms with Crippen molar-refractivity contribution < 1.29 is 19.2 Å². The van der Waals surface area contributed by atoms with Crippen LogP contribution in [0.4, 0.5) is 5.69 Å². The minimum Gasteiger partial charge on any atom is -0.462 e. The number of benzene rings is 1. The lowest BCUT2D eigenvalue weighted by molar-refractivity contribution is -0.385. The average molecular weight is 237 g/mol. The van der Waals surface area contributed by atoms with Gasteiger partial charge in [-0.2, -0.15) is 0 Å². The second-order valence-electron chi connectivity index (χ2n) is 3.27. The Hall–Kier alpha value is -2.24. The second kappa shape index (κ2) is 5.20. The number of ketones is 1. The Bertz CT molecular complexity index is 481. The second-order valence-corrected chi connectivity index (χ2v) is 3.27. The van der Waals surface area contributed by atoms with E-state index in [9.17, 15) is 19.7 Å². The van der Waals surface area contributed by atoms with Gasteiger partial charge in [0.05, 0.1) is 22.7 Å². The molecule has 6 nitrogen and oxygen atoms in total. The normalized spacial score (nSPS) is 9.76. The number of carbonyl (C=O) groups excluding carboxylic acids is 2. The van der Waals surface area contributed by atoms with Crippen molar-refractivity contribution in [2.75, 3.05) is 6.61 Å². The van der Waals surface area contributed by atoms with E-state index in [1.165, 1.54) is 19.1 Å². The van der Waals surface area contributed by atoms with Gasteiger partial charge >= 0.3 is 5.97 Å². The number of nitro benzene ring substituents is 1. The van der Waals surface area contributed by atoms with Crippen LogP contribution in [0.25, 0.3) is 0 Å². The summed E-state index contributed by atoms with van der Waals surface area (Å²) in [4.78, 5) is 32.6. The molecule has 0 aromatic heterocycles. The van der Waals surface area contributed by atoms with Gasteiger partial charge in [0.1, 0.15) is 0 Å². The molecule has 0 aliphatic heterocycles. The summed E-state index contributed by atoms with van der Waals surface area (Å²) in [5, 5.41) is 10.8. The zero-order valence-corrected chi connectivity index (χ0v) is 9.43. The van der Waals surface area contributed by atoms with Crippen molar-refractivity contribution in [2.45, 2.75) is 13.8 Å². The Morgan fingerprint density at radius 1 is 1.41 bits per heavy atom. The molecule has 1 aromatic rings. The van der Waals surface area contributed by atoms with Crippen LogP contribution >= 0.6 is 0 Å². The molecule has 0 bridgehead atoms. The Balaban J connectivity index is 3.23. The zero-order chi connectivity index (χ0) is 13.0. The predicted octanol–water partition coefficient (Wildman–Crippen LogP) is 1.97. The molecule has 90 valence electrons. The molecule has 0 unspecified atom stereocenters. The first-order valence-corrected chi connectivity index (χ1v) is 4.93. The van der Waals surface area contributed by atoms with E-state index < -0.39 is 16.7 Å². The van der Waals surface area contributed by atoms with Crippen LogP contribution in [0.3, 0.4) is 0 Å². The van der Waals surface area contributed by atoms with Crippen LogP contribution in [0.15, 0.2) is 18.2 Å². The highest BCUT2D eigenvalue weighted by Crippen LogP contribution is 2.21. The van der Waals surface area contributed by atoms with Gasteiger partial charge in [-0.25, -0.2) is 4.79 Å². The molecule has 0 radical (unpaired) electrons. The molecule has 0 N–H and O–H groups in total. The number of Topliss-reactive ketones (excluding diaryl/α,β-unsaturated/α-hetero) is 1. The Morgan fingerprint density at radius 3 is 2.53 bits per heavy atom. The van der Waals surface area contributed by atoms with E-state index in [1.807, 2.05) is 0 Å². The Morgan fingerprint density at radius 2 is 2.06 bits per heavy atom. The molecule has 0 atom stereocenters. The molecule has 0 amide bonds. The topological polar surface area (TPSA) is 86.5 Å². The van der Waals surface area contributed by atoms with Crippen LogP contribution in [-0.2, 0) is 4.74 Å². The van der Waals surface area contributed by atoms with Gasteiger partial charge in [-0.15, -0.1) is 0 Å². The number of esters is 1. The smallest absolute Gasteiger partial charge is 0.338 e. The van der Waals surface area contributed by atoms with E-state index in [1.54, 1.807) is 6.92 Å². The first kappa shape index (κ1) is 12.8. The van der Waals surface area contributed by atoms with Crippen molar-refractivity contribution in [1.82, 2.24) is 0 Å². The molecule has 0 heterocycles. The summed E-state index contributed by atoms with van der Waals surface area (Å²) in [6.45, 7) is 3.05. The number of nitro groups is 1. The van der Waals surface area contributed by atoms with Crippen molar-refractivity contribution in [3.63, 3.8) is 0 Å². The highest BCUT2D eigenvalue weighted by Gasteiger charge is 2.20. The molecule has 1 aromatic carbocycles. The van der Waals surface area contributed by atoms with Gasteiger partial charge in [0.25, 0.3) is 5.69 Å². The minimum absolute atomic E-state index is 0.0250. The highest BCUT2D eigenvalue weighted by molar-refractivity contribution is 6.00. The summed E-state index contributed by atoms with van der Waals surface area (Å²) >= 11 is 0. The number of hydrogen-bond acceptors (Lipinski definition) is 5. The van der Waals surface area contributed by atoms with Gasteiger partial charge in [0.15, 0.2) is 5.78 Å². The fourth-order valence-electron chi connectivity index (χ4n) is 1.32. The van der Waals surface area contributed by atoms with Crippen molar-refractivity contribution >= 4 is 17.4 Å². The highest BCUT2D eigenvalue weighted by atomic mass is 16.6. The average Bonchev–Trinajstić information content (AvgIpc) is 2.28. The molecular formula is C11H11NO5. The van der Waals surface area contributed by atoms with Crippen LogP contribution in [-0.4, -0.2) is 23.3 Å². The molecule has 0 aliphatic carbocycles. The molecule has 0 saturated heterocycles. The fourth-order valence-corrected chi connectivity index (χ4v) is 1.32. The minimum atomic E-state index is -0.695. The Labute approximate surface area is 97.3 Å². The van der Waals surface area contributed by atoms with Crippen molar-refractivity contribution in [2.24, 2.45) is 0 Å². The van der Waals surface area contributed by atoms with Gasteiger partial charge in [0.2, 0.25) is 0 Å². The molecule has 0 spiro atoms. The van der Waals surface area contributed by atoms with E-state index >= 15 is 0 Å². The summed E-state index contributed by atoms with van der Waals surface area (Å²) in [5.74, 6) is -1.07. The zero-order valence-electron chi connectivity index (χ0n) is 9.43. The van der Waals surface area contributed by atoms with Crippen LogP contribution < -0.4 is 0 Å². The first-order chi connectivity index (χ1) is 7.97. The van der Waals surface area contributed by atoms with Crippen LogP contribution in [0.1, 0.15) is 34.6 Å². The van der Waals surface area contributed by atoms with Gasteiger partial charge in [-0.3, -0.25) is 14.9 Å². The van der Waals surface area contributed by atoms with Crippen LogP contribution in [0.2, 0.25) is 0 Å². The molecule has 1 rings (SSSR count). The largest absolute Gasteiger partial charge is 0.462 e. The lowest BCUT2D eigenvalue weighted by Crippen LogP contribution is -2.07. The summed E-state index contributed by atoms with van der Waals surface area (Å²) in [5.41, 5.74) is -0.352. The van der Waals surface area contributed by atoms with Crippen LogP contribution in [0, 0.1) is 10.1 Å². The maximum absolute atomic E-state index is 11.4. The third-order valence-corrected chi connectivity index (χ3v) is 2.08. The monoisotopic (exact) mass is 237 g/mol. The number of ether oxygens (including phenoxy) is 1. The number of carbonyl (C=O) groups is 2. The number of hydrogen-bond donors (Lipinski definition) is 0. The van der Waals surface area contributed by atoms with E-state index in [0.29, 0.717) is 0 Å². The van der Waals surface area contributed by atoms with Crippen molar-refractivity contribution in [1.29, 1.82) is 0 Å². The van der Waals surface area contributed by atoms with Crippen molar-refractivity contribution in [3.8, 4) is 0 Å². The third-order valence-electron chi connectivity index (χ3n) is 2.08. The lowest BCUT2D eigenvalue weighted by atomic mass is 10.1. The fraction of sp³-hybridized carbons (Fsp3) is 0.273. The van der Waals surface area contributed by atoms with E-state index in [4.69, 9.17) is 4.74 Å². The maximum atomic E-state index is 11.4. The summed E-state index contributed by atoms with van der Waals surface area (Å²) < 4.78 is 4.72. The molecular weight excluding hydrogens is 226 g/mol. The summed E-state index contributed by atoms with van der Waals surface area (Å²) in [6.07, 6.45) is 0. The van der Waals surface area contributed by atoms with E-state index in [2.05, 4.69) is 0 Å². The van der Waals surface area contributed by atoms with Gasteiger partial charge in [-0.1, -0.05) is 0 Å². The van der Waals surface area contributed by atoms with E-state index in [0.717, 1.165) is 6.07 Å². The maximum Gasteiger partial charge on any atom is 0.338 e. The Kier molecular flexibility index (Phi) is 3.92. The van der Waals surface area contributed by atoms with E-state index in [-0.39, 0.29) is 23.4 Å². The quantitative estimate of drug-likeness (QED) is 0.346. The number of nitrogens with zero attached hydrogens (tertiary/aromatic N) is 1. The third kappa shape index (κ3) is 2.87. The summed E-state index contributed by atoms with van der Waals surface area (Å²) in [7, 11) is 0. The molecule has 0 aliphatic rings. The van der Waals surface area contributed by atoms with Crippen LogP contribution in [0.5, 0.6) is 0 Å². The van der Waals surface area contributed by atoms with Gasteiger partial charge in [0, 0.05) is 6.07 Å². The molecule has 17 heavy (non-hydrogen) atoms. The van der Waals surface area contributed by atoms with Gasteiger partial charge in [-0.05, 0) is 26.0 Å². The van der Waals surface area contributed by atoms with Crippen molar-refractivity contribution in [3.05, 3.63) is 39.4 Å². The molecule has 6 heteroatoms. The summed E-state index contributed by atoms with van der Waals surface area (Å²) in [6, 6.07) is 3.64. The molecule has 0 saturated carbocycles. The first-order valence-electron chi connectivity index (χ1n) is 4.93. The standard InChI is InChI=1S/C11H11NO5/c1-3-17-11(14)8-4-5-9(7(2)13)10(6-8)12(15)16/h4-6H,3H2,1-2H3. The number of rotatable bonds is 4. The van der Waals surface area contributed by atoms with Gasteiger partial charge < -0.3 is 4.74 Å². The lowest BCUT2D eigenvalue weighted by Gasteiger charge is -2.03. The molecule has 0 fully saturated rings.